The van der Waals surface area contributed by atoms with Crippen molar-refractivity contribution in [3.63, 3.8) is 0 Å². The molecule has 3 aromatic rings. The number of benzene rings is 2. The maximum absolute atomic E-state index is 12.2. The minimum absolute atomic E-state index is 0.00561. The molecule has 1 heterocycles. The smallest absolute Gasteiger partial charge is 0.269 e. The van der Waals surface area contributed by atoms with E-state index >= 15 is 0 Å². The fraction of sp³-hybridized carbons (Fsp3) is 0.118. The monoisotopic (exact) mass is 464 g/mol. The summed E-state index contributed by atoms with van der Waals surface area (Å²) in [6.07, 6.45) is 1.63. The molecule has 0 radical (unpaired) electrons. The molecule has 0 saturated heterocycles. The standard InChI is InChI=1S/C17H13IN4O4/c18-13-3-7-16(8-4-13)26-11-14-9-21(20-19-14)10-17(23)12-1-5-15(6-2-12)22(24)25/h1-9H,10-11H2. The Kier molecular flexibility index (Phi) is 5.56. The van der Waals surface area contributed by atoms with E-state index in [9.17, 15) is 14.9 Å². The molecule has 0 aliphatic heterocycles. The van der Waals surface area contributed by atoms with Crippen LogP contribution in [0.2, 0.25) is 0 Å². The van der Waals surface area contributed by atoms with Gasteiger partial charge in [0.2, 0.25) is 0 Å². The first kappa shape index (κ1) is 18.0. The summed E-state index contributed by atoms with van der Waals surface area (Å²) in [6.45, 7) is 0.237. The van der Waals surface area contributed by atoms with E-state index in [1.807, 2.05) is 24.3 Å². The van der Waals surface area contributed by atoms with Gasteiger partial charge in [0.05, 0.1) is 11.1 Å². The number of ketones is 1. The number of aromatic nitrogens is 3. The van der Waals surface area contributed by atoms with Crippen molar-refractivity contribution in [3.8, 4) is 5.75 Å². The minimum Gasteiger partial charge on any atom is -0.487 e. The van der Waals surface area contributed by atoms with Gasteiger partial charge in [-0.1, -0.05) is 5.21 Å². The molecule has 0 N–H and O–H groups in total. The number of Topliss-reactive ketones (excluding diaryl/α,β-unsaturated/α-hetero) is 1. The Hall–Kier alpha value is -2.82. The highest BCUT2D eigenvalue weighted by molar-refractivity contribution is 14.1. The zero-order chi connectivity index (χ0) is 18.5. The van der Waals surface area contributed by atoms with Gasteiger partial charge in [-0.15, -0.1) is 5.10 Å². The second-order valence-electron chi connectivity index (χ2n) is 5.38. The van der Waals surface area contributed by atoms with Crippen LogP contribution in [0.15, 0.2) is 54.7 Å². The normalized spacial score (nSPS) is 10.5. The fourth-order valence-corrected chi connectivity index (χ4v) is 2.54. The van der Waals surface area contributed by atoms with Crippen molar-refractivity contribution in [2.75, 3.05) is 0 Å². The van der Waals surface area contributed by atoms with Gasteiger partial charge >= 0.3 is 0 Å². The first-order valence-electron chi connectivity index (χ1n) is 7.56. The third-order valence-corrected chi connectivity index (χ3v) is 4.21. The van der Waals surface area contributed by atoms with Crippen LogP contribution in [-0.2, 0) is 13.2 Å². The number of carbonyl (C=O) groups excluding carboxylic acids is 1. The molecule has 8 nitrogen and oxygen atoms in total. The number of hydrogen-bond donors (Lipinski definition) is 0. The third kappa shape index (κ3) is 4.63. The Labute approximate surface area is 162 Å². The van der Waals surface area contributed by atoms with Crippen molar-refractivity contribution in [2.45, 2.75) is 13.2 Å². The Balaban J connectivity index is 1.58. The number of nitro benzene ring substituents is 1. The lowest BCUT2D eigenvalue weighted by atomic mass is 10.1. The molecular weight excluding hydrogens is 451 g/mol. The van der Waals surface area contributed by atoms with E-state index in [4.69, 9.17) is 4.74 Å². The number of nitro groups is 1. The molecule has 0 aliphatic carbocycles. The van der Waals surface area contributed by atoms with E-state index in [0.29, 0.717) is 11.3 Å². The van der Waals surface area contributed by atoms with E-state index in [1.165, 1.54) is 28.9 Å². The molecular formula is C17H13IN4O4. The predicted molar refractivity (Wildman–Crippen MR) is 101 cm³/mol. The van der Waals surface area contributed by atoms with Crippen LogP contribution >= 0.6 is 22.6 Å². The number of carbonyl (C=O) groups is 1. The summed E-state index contributed by atoms with van der Waals surface area (Å²) in [6, 6.07) is 13.1. The van der Waals surface area contributed by atoms with E-state index < -0.39 is 4.92 Å². The molecule has 0 amide bonds. The maximum atomic E-state index is 12.2. The molecule has 0 saturated carbocycles. The number of rotatable bonds is 7. The van der Waals surface area contributed by atoms with E-state index in [1.54, 1.807) is 6.20 Å². The van der Waals surface area contributed by atoms with Crippen molar-refractivity contribution < 1.29 is 14.5 Å². The van der Waals surface area contributed by atoms with E-state index in [2.05, 4.69) is 32.9 Å². The zero-order valence-corrected chi connectivity index (χ0v) is 15.6. The summed E-state index contributed by atoms with van der Waals surface area (Å²) >= 11 is 2.21. The number of non-ortho nitro benzene ring substituents is 1. The van der Waals surface area contributed by atoms with Crippen LogP contribution in [0.5, 0.6) is 5.75 Å². The maximum Gasteiger partial charge on any atom is 0.269 e. The molecule has 0 atom stereocenters. The van der Waals surface area contributed by atoms with Gasteiger partial charge in [0.25, 0.3) is 5.69 Å². The molecule has 0 bridgehead atoms. The van der Waals surface area contributed by atoms with Gasteiger partial charge < -0.3 is 4.74 Å². The summed E-state index contributed by atoms with van der Waals surface area (Å²) in [7, 11) is 0. The predicted octanol–water partition coefficient (Wildman–Crippen LogP) is 3.25. The topological polar surface area (TPSA) is 100 Å². The number of ether oxygens (including phenoxy) is 1. The van der Waals surface area contributed by atoms with Crippen molar-refractivity contribution in [1.29, 1.82) is 0 Å². The SMILES string of the molecule is O=C(Cn1cc(COc2ccc(I)cc2)nn1)c1ccc([N+](=O)[O-])cc1. The van der Waals surface area contributed by atoms with Crippen molar-refractivity contribution >= 4 is 34.1 Å². The summed E-state index contributed by atoms with van der Waals surface area (Å²) in [5.74, 6) is 0.511. The van der Waals surface area contributed by atoms with Gasteiger partial charge in [0, 0.05) is 21.3 Å². The molecule has 9 heteroatoms. The van der Waals surface area contributed by atoms with Crippen LogP contribution in [0.4, 0.5) is 5.69 Å². The van der Waals surface area contributed by atoms with Crippen LogP contribution in [-0.4, -0.2) is 25.7 Å². The minimum atomic E-state index is -0.508. The molecule has 3 rings (SSSR count). The molecule has 132 valence electrons. The average molecular weight is 464 g/mol. The van der Waals surface area contributed by atoms with Crippen LogP contribution in [0.25, 0.3) is 0 Å². The van der Waals surface area contributed by atoms with E-state index in [-0.39, 0.29) is 24.6 Å². The highest BCUT2D eigenvalue weighted by atomic mass is 127. The molecule has 0 unspecified atom stereocenters. The van der Waals surface area contributed by atoms with Crippen molar-refractivity contribution in [2.24, 2.45) is 0 Å². The van der Waals surface area contributed by atoms with E-state index in [0.717, 1.165) is 9.32 Å². The molecule has 1 aromatic heterocycles. The first-order chi connectivity index (χ1) is 12.5. The second kappa shape index (κ2) is 8.04. The lowest BCUT2D eigenvalue weighted by molar-refractivity contribution is -0.384. The summed E-state index contributed by atoms with van der Waals surface area (Å²) < 4.78 is 8.15. The molecule has 2 aromatic carbocycles. The summed E-state index contributed by atoms with van der Waals surface area (Å²) in [5.41, 5.74) is 0.917. The third-order valence-electron chi connectivity index (χ3n) is 3.49. The lowest BCUT2D eigenvalue weighted by Crippen LogP contribution is -2.11. The Morgan fingerprint density at radius 2 is 1.85 bits per heavy atom. The number of hydrogen-bond acceptors (Lipinski definition) is 6. The number of nitrogens with zero attached hydrogens (tertiary/aromatic N) is 4. The van der Waals surface area contributed by atoms with Gasteiger partial charge in [-0.3, -0.25) is 14.9 Å². The summed E-state index contributed by atoms with van der Waals surface area (Å²) in [5, 5.41) is 18.5. The second-order valence-corrected chi connectivity index (χ2v) is 6.62. The molecule has 0 aliphatic rings. The van der Waals surface area contributed by atoms with Gasteiger partial charge in [0.15, 0.2) is 5.78 Å². The van der Waals surface area contributed by atoms with Crippen molar-refractivity contribution in [1.82, 2.24) is 15.0 Å². The van der Waals surface area contributed by atoms with Crippen LogP contribution in [0.3, 0.4) is 0 Å². The highest BCUT2D eigenvalue weighted by Gasteiger charge is 2.11. The van der Waals surface area contributed by atoms with Gasteiger partial charge in [-0.2, -0.15) is 0 Å². The van der Waals surface area contributed by atoms with Crippen LogP contribution < -0.4 is 4.74 Å². The van der Waals surface area contributed by atoms with Crippen LogP contribution in [0.1, 0.15) is 16.1 Å². The average Bonchev–Trinajstić information content (AvgIpc) is 3.08. The largest absolute Gasteiger partial charge is 0.487 e. The Bertz CT molecular complexity index is 923. The number of halogens is 1. The highest BCUT2D eigenvalue weighted by Crippen LogP contribution is 2.15. The zero-order valence-electron chi connectivity index (χ0n) is 13.4. The van der Waals surface area contributed by atoms with Gasteiger partial charge in [-0.05, 0) is 59.0 Å². The first-order valence-corrected chi connectivity index (χ1v) is 8.64. The lowest BCUT2D eigenvalue weighted by Gasteiger charge is -2.03. The summed E-state index contributed by atoms with van der Waals surface area (Å²) in [4.78, 5) is 22.4. The van der Waals surface area contributed by atoms with Crippen molar-refractivity contribution in [3.05, 3.63) is 79.7 Å². The van der Waals surface area contributed by atoms with Gasteiger partial charge in [-0.25, -0.2) is 4.68 Å². The molecule has 0 spiro atoms. The quantitative estimate of drug-likeness (QED) is 0.230. The molecule has 0 fully saturated rings. The fourth-order valence-electron chi connectivity index (χ4n) is 2.18. The van der Waals surface area contributed by atoms with Gasteiger partial charge in [0.1, 0.15) is 24.6 Å². The Morgan fingerprint density at radius 1 is 1.15 bits per heavy atom. The Morgan fingerprint density at radius 3 is 2.50 bits per heavy atom. The molecule has 26 heavy (non-hydrogen) atoms. The van der Waals surface area contributed by atoms with Crippen LogP contribution in [0, 0.1) is 13.7 Å².